The van der Waals surface area contributed by atoms with Crippen molar-refractivity contribution in [1.29, 1.82) is 0 Å². The molecule has 294 valence electrons. The van der Waals surface area contributed by atoms with Gasteiger partial charge in [0.15, 0.2) is 11.6 Å². The van der Waals surface area contributed by atoms with Crippen molar-refractivity contribution >= 4 is 52.9 Å². The van der Waals surface area contributed by atoms with Crippen molar-refractivity contribution in [1.82, 2.24) is 5.32 Å². The van der Waals surface area contributed by atoms with Crippen molar-refractivity contribution in [2.75, 3.05) is 12.4 Å². The summed E-state index contributed by atoms with van der Waals surface area (Å²) in [5.41, 5.74) is -2.41. The highest BCUT2D eigenvalue weighted by atomic mass is 16.5. The third-order valence-corrected chi connectivity index (χ3v) is 8.68. The van der Waals surface area contributed by atoms with Crippen molar-refractivity contribution in [3.05, 3.63) is 152 Å². The van der Waals surface area contributed by atoms with Gasteiger partial charge >= 0.3 is 23.9 Å². The van der Waals surface area contributed by atoms with Crippen LogP contribution in [0.5, 0.6) is 17.2 Å². The number of ether oxygens (including phenoxy) is 1. The van der Waals surface area contributed by atoms with Crippen LogP contribution < -0.4 is 15.4 Å². The number of benzene rings is 5. The van der Waals surface area contributed by atoms with Gasteiger partial charge in [-0.3, -0.25) is 19.2 Å². The van der Waals surface area contributed by atoms with Crippen LogP contribution in [0.2, 0.25) is 0 Å². The molecule has 0 bridgehead atoms. The molecule has 0 spiro atoms. The van der Waals surface area contributed by atoms with E-state index < -0.39 is 80.6 Å². The summed E-state index contributed by atoms with van der Waals surface area (Å²) in [5, 5.41) is 53.5. The normalized spacial score (nSPS) is 10.6. The first kappa shape index (κ1) is 41.0. The number of carboxylic acid groups (broad SMARTS) is 4. The van der Waals surface area contributed by atoms with E-state index >= 15 is 0 Å². The van der Waals surface area contributed by atoms with Crippen molar-refractivity contribution in [2.24, 2.45) is 0 Å². The molecule has 16 nitrogen and oxygen atoms in total. The molecule has 0 unspecified atom stereocenters. The molecular weight excluding hydrogens is 756 g/mol. The second-order valence-corrected chi connectivity index (χ2v) is 12.8. The minimum Gasteiger partial charge on any atom is -0.508 e. The Balaban J connectivity index is 1.30. The quantitative estimate of drug-likeness (QED) is 0.0623. The number of carboxylic acids is 4. The third kappa shape index (κ3) is 9.38. The molecule has 7 N–H and O–H groups in total. The number of rotatable bonds is 15. The molecule has 0 saturated heterocycles. The van der Waals surface area contributed by atoms with Crippen LogP contribution in [-0.2, 0) is 12.8 Å². The van der Waals surface area contributed by atoms with Gasteiger partial charge in [-0.2, -0.15) is 0 Å². The topological polar surface area (TPSA) is 271 Å². The monoisotopic (exact) mass is 788 g/mol. The predicted molar refractivity (Wildman–Crippen MR) is 204 cm³/mol. The number of carbonyl (C=O) groups is 8. The highest BCUT2D eigenvalue weighted by Gasteiger charge is 2.27. The van der Waals surface area contributed by atoms with Gasteiger partial charge in [0.25, 0.3) is 11.8 Å². The van der Waals surface area contributed by atoms with E-state index in [9.17, 15) is 63.9 Å². The molecule has 0 radical (unpaired) electrons. The Morgan fingerprint density at radius 2 is 0.914 bits per heavy atom. The van der Waals surface area contributed by atoms with Gasteiger partial charge in [0.1, 0.15) is 17.2 Å². The summed E-state index contributed by atoms with van der Waals surface area (Å²) < 4.78 is 5.84. The molecule has 0 atom stereocenters. The summed E-state index contributed by atoms with van der Waals surface area (Å²) in [6.07, 6.45) is -0.644. The van der Waals surface area contributed by atoms with Crippen LogP contribution in [0.1, 0.15) is 99.6 Å². The van der Waals surface area contributed by atoms with E-state index in [4.69, 9.17) is 4.74 Å². The molecule has 0 aliphatic rings. The number of aromatic hydroxyl groups is 1. The number of ketones is 2. The highest BCUT2D eigenvalue weighted by Crippen LogP contribution is 2.27. The van der Waals surface area contributed by atoms with Crippen LogP contribution in [0, 0.1) is 6.92 Å². The number of nitrogens with one attached hydrogen (secondary N) is 2. The minimum absolute atomic E-state index is 0.107. The molecule has 58 heavy (non-hydrogen) atoms. The van der Waals surface area contributed by atoms with Gasteiger partial charge < -0.3 is 40.9 Å². The molecule has 0 fully saturated rings. The van der Waals surface area contributed by atoms with E-state index in [0.717, 1.165) is 24.3 Å². The van der Waals surface area contributed by atoms with E-state index in [0.29, 0.717) is 28.2 Å². The van der Waals surface area contributed by atoms with E-state index in [1.807, 2.05) is 0 Å². The fourth-order valence-electron chi connectivity index (χ4n) is 6.00. The Morgan fingerprint density at radius 3 is 1.36 bits per heavy atom. The molecule has 2 amide bonds. The van der Waals surface area contributed by atoms with E-state index in [-0.39, 0.29) is 35.4 Å². The Morgan fingerprint density at radius 1 is 0.500 bits per heavy atom. The molecule has 0 aliphatic heterocycles. The number of anilines is 1. The van der Waals surface area contributed by atoms with Gasteiger partial charge in [0.05, 0.1) is 33.4 Å². The predicted octanol–water partition coefficient (Wildman–Crippen LogP) is 5.75. The Labute approximate surface area is 328 Å². The first-order valence-corrected chi connectivity index (χ1v) is 17.0. The summed E-state index contributed by atoms with van der Waals surface area (Å²) >= 11 is 0. The molecular formula is C42H32N2O14. The van der Waals surface area contributed by atoms with Crippen molar-refractivity contribution in [2.45, 2.75) is 19.8 Å². The average molecular weight is 789 g/mol. The van der Waals surface area contributed by atoms with Crippen molar-refractivity contribution in [3.8, 4) is 17.2 Å². The Hall–Kier alpha value is -8.14. The largest absolute Gasteiger partial charge is 0.508 e. The summed E-state index contributed by atoms with van der Waals surface area (Å²) in [6, 6.07) is 19.7. The fraction of sp³-hybridized carbons (Fsp3) is 0.0952. The lowest BCUT2D eigenvalue weighted by Crippen LogP contribution is -2.23. The molecule has 0 aromatic heterocycles. The highest BCUT2D eigenvalue weighted by molar-refractivity contribution is 6.16. The number of hydrogen-bond acceptors (Lipinski definition) is 10. The number of phenols is 1. The minimum atomic E-state index is -1.61. The zero-order valence-corrected chi connectivity index (χ0v) is 30.5. The van der Waals surface area contributed by atoms with Crippen LogP contribution in [-0.4, -0.2) is 79.8 Å². The number of hydrogen-bond donors (Lipinski definition) is 7. The van der Waals surface area contributed by atoms with Crippen molar-refractivity contribution in [3.63, 3.8) is 0 Å². The van der Waals surface area contributed by atoms with Crippen LogP contribution in [0.3, 0.4) is 0 Å². The summed E-state index contributed by atoms with van der Waals surface area (Å²) in [6.45, 7) is 1.69. The zero-order chi connectivity index (χ0) is 42.4. The maximum Gasteiger partial charge on any atom is 0.336 e. The maximum absolute atomic E-state index is 13.4. The number of Topliss-reactive ketones (excluding diaryl/α,β-unsaturated/α-hetero) is 2. The number of amides is 2. The standard InChI is InChI=1S/C42H32N2O14/c1-20-11-22(13-24(45)12-20)15-36(47)28-17-30(34(42(56)57)19-32(28)40(52)53)38(49)44-23-5-9-26(10-6-23)58-25-7-3-21(4-8-25)14-35(46)27-16-29(37(48)43-2)33(41(54)55)18-31(27)39(50)51/h3-13,16-19,45H,14-15H2,1-2H3,(H,43,48)(H,44,49)(H,50,51)(H,52,53)(H,54,55)(H,56,57). The molecule has 5 aromatic rings. The van der Waals surface area contributed by atoms with Crippen LogP contribution in [0.25, 0.3) is 0 Å². The van der Waals surface area contributed by atoms with Gasteiger partial charge in [0, 0.05) is 36.7 Å². The average Bonchev–Trinajstić information content (AvgIpc) is 3.17. The second-order valence-electron chi connectivity index (χ2n) is 12.8. The van der Waals surface area contributed by atoms with Gasteiger partial charge in [-0.15, -0.1) is 0 Å². The molecule has 0 saturated carbocycles. The lowest BCUT2D eigenvalue weighted by Gasteiger charge is -2.13. The molecule has 16 heteroatoms. The van der Waals surface area contributed by atoms with Gasteiger partial charge in [-0.05, 0) is 96.4 Å². The molecule has 0 heterocycles. The molecule has 5 rings (SSSR count). The lowest BCUT2D eigenvalue weighted by atomic mass is 9.92. The zero-order valence-electron chi connectivity index (χ0n) is 30.5. The van der Waals surface area contributed by atoms with Crippen LogP contribution >= 0.6 is 0 Å². The maximum atomic E-state index is 13.4. The summed E-state index contributed by atoms with van der Waals surface area (Å²) in [7, 11) is 1.26. The summed E-state index contributed by atoms with van der Waals surface area (Å²) in [5.74, 6) is -8.98. The summed E-state index contributed by atoms with van der Waals surface area (Å²) in [4.78, 5) is 99.9. The number of aryl methyl sites for hydroxylation is 1. The fourth-order valence-corrected chi connectivity index (χ4v) is 6.00. The van der Waals surface area contributed by atoms with E-state index in [2.05, 4.69) is 10.6 Å². The number of aromatic carboxylic acids is 4. The first-order valence-electron chi connectivity index (χ1n) is 17.0. The number of carbonyl (C=O) groups excluding carboxylic acids is 4. The molecule has 5 aromatic carbocycles. The first-order chi connectivity index (χ1) is 27.4. The van der Waals surface area contributed by atoms with Crippen molar-refractivity contribution < 1.29 is 68.6 Å². The van der Waals surface area contributed by atoms with E-state index in [1.54, 1.807) is 13.0 Å². The van der Waals surface area contributed by atoms with Gasteiger partial charge in [0.2, 0.25) is 0 Å². The molecule has 0 aliphatic carbocycles. The Bertz CT molecular complexity index is 2520. The SMILES string of the molecule is CNC(=O)c1cc(C(=O)Cc2ccc(Oc3ccc(NC(=O)c4cc(C(=O)Cc5cc(C)cc(O)c5)c(C(=O)O)cc4C(=O)O)cc3)cc2)c(C(=O)O)cc1C(=O)O. The Kier molecular flexibility index (Phi) is 12.1. The number of phenolic OH excluding ortho intramolecular Hbond substituents is 1. The van der Waals surface area contributed by atoms with E-state index in [1.165, 1.54) is 67.7 Å². The second kappa shape index (κ2) is 17.1. The van der Waals surface area contributed by atoms with Crippen LogP contribution in [0.4, 0.5) is 5.69 Å². The smallest absolute Gasteiger partial charge is 0.336 e. The van der Waals surface area contributed by atoms with Crippen LogP contribution in [0.15, 0.2) is 91.0 Å². The third-order valence-electron chi connectivity index (χ3n) is 8.68. The van der Waals surface area contributed by atoms with Gasteiger partial charge in [-0.1, -0.05) is 18.2 Å². The lowest BCUT2D eigenvalue weighted by molar-refractivity contribution is 0.0672. The van der Waals surface area contributed by atoms with Gasteiger partial charge in [-0.25, -0.2) is 19.2 Å².